The number of hydrogen-bond donors (Lipinski definition) is 1. The first-order chi connectivity index (χ1) is 8.19. The zero-order valence-corrected chi connectivity index (χ0v) is 13.0. The maximum absolute atomic E-state index is 12.0. The van der Waals surface area contributed by atoms with Gasteiger partial charge in [0, 0.05) is 11.3 Å². The van der Waals surface area contributed by atoms with Crippen LogP contribution in [0, 0.1) is 0 Å². The summed E-state index contributed by atoms with van der Waals surface area (Å²) >= 11 is 6.88. The van der Waals surface area contributed by atoms with Crippen molar-refractivity contribution in [3.63, 3.8) is 0 Å². The van der Waals surface area contributed by atoms with Crippen LogP contribution in [0.1, 0.15) is 35.9 Å². The molecule has 0 bridgehead atoms. The van der Waals surface area contributed by atoms with Crippen molar-refractivity contribution in [2.45, 2.75) is 37.5 Å². The maximum Gasteiger partial charge on any atom is 0.261 e. The van der Waals surface area contributed by atoms with Crippen LogP contribution in [0.15, 0.2) is 15.9 Å². The molecule has 1 N–H and O–H groups in total. The average Bonchev–Trinajstić information content (AvgIpc) is 2.88. The van der Waals surface area contributed by atoms with Crippen molar-refractivity contribution >= 4 is 44.9 Å². The highest BCUT2D eigenvalue weighted by atomic mass is 79.9. The molecule has 2 unspecified atom stereocenters. The minimum absolute atomic E-state index is 0.0767. The van der Waals surface area contributed by atoms with Crippen LogP contribution in [0.4, 0.5) is 0 Å². The fourth-order valence-electron chi connectivity index (χ4n) is 2.15. The number of nitrogens with one attached hydrogen (secondary N) is 1. The summed E-state index contributed by atoms with van der Waals surface area (Å²) in [5.41, 5.74) is 0. The minimum atomic E-state index is 0.0767. The van der Waals surface area contributed by atoms with E-state index in [0.717, 1.165) is 26.8 Å². The van der Waals surface area contributed by atoms with E-state index in [0.29, 0.717) is 6.04 Å². The second-order valence-electron chi connectivity index (χ2n) is 4.16. The van der Waals surface area contributed by atoms with E-state index < -0.39 is 0 Å². The lowest BCUT2D eigenvalue weighted by atomic mass is 10.2. The summed E-state index contributed by atoms with van der Waals surface area (Å²) in [7, 11) is 0. The number of rotatable bonds is 4. The molecule has 0 aliphatic heterocycles. The lowest BCUT2D eigenvalue weighted by Gasteiger charge is -2.12. The number of carbonyl (C=O) groups is 1. The van der Waals surface area contributed by atoms with Crippen LogP contribution in [-0.2, 0) is 0 Å². The summed E-state index contributed by atoms with van der Waals surface area (Å²) < 4.78 is 1.01. The van der Waals surface area contributed by atoms with Gasteiger partial charge in [-0.15, -0.1) is 11.3 Å². The van der Waals surface area contributed by atoms with E-state index in [1.165, 1.54) is 23.5 Å². The normalized spacial score (nSPS) is 23.9. The van der Waals surface area contributed by atoms with Gasteiger partial charge >= 0.3 is 0 Å². The van der Waals surface area contributed by atoms with Crippen LogP contribution in [0.25, 0.3) is 0 Å². The summed E-state index contributed by atoms with van der Waals surface area (Å²) in [5, 5.41) is 3.87. The van der Waals surface area contributed by atoms with E-state index in [2.05, 4.69) is 28.2 Å². The molecule has 1 aliphatic carbocycles. The Bertz CT molecular complexity index is 394. The van der Waals surface area contributed by atoms with Gasteiger partial charge in [0.05, 0.1) is 8.66 Å². The van der Waals surface area contributed by atoms with Crippen molar-refractivity contribution in [3.05, 3.63) is 20.8 Å². The smallest absolute Gasteiger partial charge is 0.261 e. The molecule has 1 aromatic heterocycles. The standard InChI is InChI=1S/C12H16BrNOS2/c1-2-16-9-4-3-8(7-9)14-12(15)10-5-6-11(13)17-10/h5-6,8-9H,2-4,7H2,1H3,(H,14,15). The molecule has 5 heteroatoms. The first-order valence-corrected chi connectivity index (χ1v) is 8.52. The second-order valence-corrected chi connectivity index (χ2v) is 8.20. The third kappa shape index (κ3) is 3.73. The van der Waals surface area contributed by atoms with Gasteiger partial charge in [-0.25, -0.2) is 0 Å². The highest BCUT2D eigenvalue weighted by Crippen LogP contribution is 2.30. The second kappa shape index (κ2) is 6.25. The molecule has 17 heavy (non-hydrogen) atoms. The van der Waals surface area contributed by atoms with Gasteiger partial charge in [0.1, 0.15) is 0 Å². The van der Waals surface area contributed by atoms with E-state index in [-0.39, 0.29) is 5.91 Å². The van der Waals surface area contributed by atoms with Crippen molar-refractivity contribution < 1.29 is 4.79 Å². The average molecular weight is 334 g/mol. The first kappa shape index (κ1) is 13.4. The summed E-state index contributed by atoms with van der Waals surface area (Å²) in [4.78, 5) is 12.7. The molecule has 2 atom stereocenters. The number of carbonyl (C=O) groups excluding carboxylic acids is 1. The molecule has 1 aliphatic rings. The molecule has 1 aromatic rings. The van der Waals surface area contributed by atoms with Crippen LogP contribution >= 0.6 is 39.0 Å². The fourth-order valence-corrected chi connectivity index (χ4v) is 4.58. The molecule has 1 amide bonds. The van der Waals surface area contributed by atoms with Crippen LogP contribution in [-0.4, -0.2) is 23.0 Å². The molecule has 2 nitrogen and oxygen atoms in total. The van der Waals surface area contributed by atoms with Gasteiger partial charge in [-0.05, 0) is 53.1 Å². The predicted molar refractivity (Wildman–Crippen MR) is 79.0 cm³/mol. The monoisotopic (exact) mass is 333 g/mol. The van der Waals surface area contributed by atoms with Gasteiger partial charge in [-0.3, -0.25) is 4.79 Å². The minimum Gasteiger partial charge on any atom is -0.349 e. The third-order valence-corrected chi connectivity index (χ3v) is 5.77. The summed E-state index contributed by atoms with van der Waals surface area (Å²) in [5.74, 6) is 1.25. The summed E-state index contributed by atoms with van der Waals surface area (Å²) in [6.45, 7) is 2.19. The van der Waals surface area contributed by atoms with Gasteiger partial charge in [0.25, 0.3) is 5.91 Å². The van der Waals surface area contributed by atoms with E-state index in [9.17, 15) is 4.79 Å². The Morgan fingerprint density at radius 3 is 3.06 bits per heavy atom. The van der Waals surface area contributed by atoms with Gasteiger partial charge in [-0.1, -0.05) is 6.92 Å². The van der Waals surface area contributed by atoms with E-state index >= 15 is 0 Å². The zero-order valence-electron chi connectivity index (χ0n) is 9.74. The summed E-state index contributed by atoms with van der Waals surface area (Å²) in [6, 6.07) is 4.16. The van der Waals surface area contributed by atoms with Crippen molar-refractivity contribution in [1.29, 1.82) is 0 Å². The van der Waals surface area contributed by atoms with Crippen LogP contribution in [0.2, 0.25) is 0 Å². The summed E-state index contributed by atoms with van der Waals surface area (Å²) in [6.07, 6.45) is 3.48. The van der Waals surface area contributed by atoms with Crippen LogP contribution < -0.4 is 5.32 Å². The van der Waals surface area contributed by atoms with E-state index in [1.54, 1.807) is 0 Å². The number of amides is 1. The third-order valence-electron chi connectivity index (χ3n) is 2.92. The molecule has 2 rings (SSSR count). The predicted octanol–water partition coefficient (Wildman–Crippen LogP) is 3.91. The molecule has 1 fully saturated rings. The molecule has 0 aromatic carbocycles. The Hall–Kier alpha value is -0.0000000000000000833. The lowest BCUT2D eigenvalue weighted by molar-refractivity contribution is 0.0942. The van der Waals surface area contributed by atoms with Gasteiger partial charge < -0.3 is 5.32 Å². The Kier molecular flexibility index (Phi) is 4.94. The molecular weight excluding hydrogens is 318 g/mol. The van der Waals surface area contributed by atoms with Crippen molar-refractivity contribution in [2.24, 2.45) is 0 Å². The van der Waals surface area contributed by atoms with Crippen LogP contribution in [0.3, 0.4) is 0 Å². The topological polar surface area (TPSA) is 29.1 Å². The Labute approximate surface area is 119 Å². The fraction of sp³-hybridized carbons (Fsp3) is 0.583. The molecule has 0 saturated heterocycles. The molecule has 0 spiro atoms. The highest BCUT2D eigenvalue weighted by Gasteiger charge is 2.26. The van der Waals surface area contributed by atoms with Gasteiger partial charge in [-0.2, -0.15) is 11.8 Å². The SMILES string of the molecule is CCSC1CCC(NC(=O)c2ccc(Br)s2)C1. The molecular formula is C12H16BrNOS2. The first-order valence-electron chi connectivity index (χ1n) is 5.87. The van der Waals surface area contributed by atoms with Crippen LogP contribution in [0.5, 0.6) is 0 Å². The molecule has 0 radical (unpaired) electrons. The van der Waals surface area contributed by atoms with Gasteiger partial charge in [0.2, 0.25) is 0 Å². The number of thiophene rings is 1. The zero-order chi connectivity index (χ0) is 12.3. The number of thioether (sulfide) groups is 1. The highest BCUT2D eigenvalue weighted by molar-refractivity contribution is 9.11. The number of halogens is 1. The largest absolute Gasteiger partial charge is 0.349 e. The molecule has 1 saturated carbocycles. The Morgan fingerprint density at radius 1 is 1.59 bits per heavy atom. The van der Waals surface area contributed by atoms with Crippen molar-refractivity contribution in [3.8, 4) is 0 Å². The molecule has 94 valence electrons. The Morgan fingerprint density at radius 2 is 2.41 bits per heavy atom. The Balaban J connectivity index is 1.84. The van der Waals surface area contributed by atoms with Crippen molar-refractivity contribution in [1.82, 2.24) is 5.32 Å². The lowest BCUT2D eigenvalue weighted by Crippen LogP contribution is -2.32. The van der Waals surface area contributed by atoms with E-state index in [1.807, 2.05) is 23.9 Å². The van der Waals surface area contributed by atoms with Gasteiger partial charge in [0.15, 0.2) is 0 Å². The van der Waals surface area contributed by atoms with Crippen molar-refractivity contribution in [2.75, 3.05) is 5.75 Å². The van der Waals surface area contributed by atoms with E-state index in [4.69, 9.17) is 0 Å². The maximum atomic E-state index is 12.0. The quantitative estimate of drug-likeness (QED) is 0.904. The molecule has 1 heterocycles. The number of hydrogen-bond acceptors (Lipinski definition) is 3.